The maximum absolute atomic E-state index is 12.7. The number of ether oxygens (including phenoxy) is 2. The van der Waals surface area contributed by atoms with Crippen molar-refractivity contribution in [1.82, 2.24) is 10.1 Å². The molecule has 1 fully saturated rings. The molecule has 1 aromatic heterocycles. The SMILES string of the molecule is CCN(CC)c1ccc2c(c1)OC(=O)C(CCOC(=O)N1CCN(c3cc(C)no3)CC1)C2C. The molecule has 34 heavy (non-hydrogen) atoms. The summed E-state index contributed by atoms with van der Waals surface area (Å²) < 4.78 is 16.5. The van der Waals surface area contributed by atoms with E-state index in [9.17, 15) is 9.59 Å². The molecule has 2 atom stereocenters. The first-order valence-electron chi connectivity index (χ1n) is 12.1. The summed E-state index contributed by atoms with van der Waals surface area (Å²) in [5, 5.41) is 3.92. The van der Waals surface area contributed by atoms with E-state index in [1.54, 1.807) is 4.90 Å². The van der Waals surface area contributed by atoms with Gasteiger partial charge in [0, 0.05) is 57.1 Å². The Hall–Kier alpha value is -3.23. The highest BCUT2D eigenvalue weighted by Crippen LogP contribution is 2.40. The number of piperazine rings is 1. The van der Waals surface area contributed by atoms with Gasteiger partial charge in [-0.1, -0.05) is 18.1 Å². The number of hydrogen-bond donors (Lipinski definition) is 0. The van der Waals surface area contributed by atoms with Crippen molar-refractivity contribution >= 4 is 23.6 Å². The van der Waals surface area contributed by atoms with E-state index < -0.39 is 0 Å². The minimum Gasteiger partial charge on any atom is -0.449 e. The van der Waals surface area contributed by atoms with Gasteiger partial charge in [0.25, 0.3) is 0 Å². The molecule has 9 nitrogen and oxygen atoms in total. The highest BCUT2D eigenvalue weighted by molar-refractivity contribution is 5.80. The molecule has 9 heteroatoms. The average Bonchev–Trinajstić information content (AvgIpc) is 3.28. The lowest BCUT2D eigenvalue weighted by Crippen LogP contribution is -2.49. The van der Waals surface area contributed by atoms with Gasteiger partial charge in [0.15, 0.2) is 0 Å². The fourth-order valence-corrected chi connectivity index (χ4v) is 4.72. The molecule has 0 saturated carbocycles. The smallest absolute Gasteiger partial charge is 0.409 e. The van der Waals surface area contributed by atoms with E-state index in [1.165, 1.54) is 0 Å². The molecule has 0 bridgehead atoms. The molecule has 3 heterocycles. The minimum atomic E-state index is -0.352. The van der Waals surface area contributed by atoms with Gasteiger partial charge in [0.05, 0.1) is 18.2 Å². The first kappa shape index (κ1) is 23.9. The molecule has 0 aliphatic carbocycles. The standard InChI is InChI=1S/C25H34N4O5/c1-5-27(6-2)19-7-8-20-18(4)21(24(30)33-22(20)16-19)9-14-32-25(31)29-12-10-28(11-13-29)23-15-17(3)26-34-23/h7-8,15-16,18,21H,5-6,9-14H2,1-4H3. The van der Waals surface area contributed by atoms with Crippen LogP contribution < -0.4 is 14.5 Å². The van der Waals surface area contributed by atoms with Crippen LogP contribution in [0.4, 0.5) is 16.4 Å². The second kappa shape index (κ2) is 10.4. The number of aryl methyl sites for hydroxylation is 1. The largest absolute Gasteiger partial charge is 0.449 e. The second-order valence-electron chi connectivity index (χ2n) is 8.89. The van der Waals surface area contributed by atoms with E-state index in [1.807, 2.05) is 26.0 Å². The van der Waals surface area contributed by atoms with Crippen LogP contribution in [0.25, 0.3) is 0 Å². The van der Waals surface area contributed by atoms with Crippen LogP contribution in [-0.2, 0) is 9.53 Å². The topological polar surface area (TPSA) is 88.4 Å². The molecule has 0 radical (unpaired) electrons. The number of fused-ring (bicyclic) bond motifs is 1. The fraction of sp³-hybridized carbons (Fsp3) is 0.560. The van der Waals surface area contributed by atoms with Crippen LogP contribution in [0.1, 0.15) is 44.4 Å². The van der Waals surface area contributed by atoms with E-state index in [0.717, 1.165) is 35.9 Å². The monoisotopic (exact) mass is 470 g/mol. The summed E-state index contributed by atoms with van der Waals surface area (Å²) in [6, 6.07) is 7.97. The normalized spacial score (nSPS) is 20.1. The third-order valence-electron chi connectivity index (χ3n) is 6.85. The summed E-state index contributed by atoms with van der Waals surface area (Å²) in [6.45, 7) is 12.5. The highest BCUT2D eigenvalue weighted by atomic mass is 16.6. The van der Waals surface area contributed by atoms with E-state index in [-0.39, 0.29) is 30.5 Å². The van der Waals surface area contributed by atoms with Crippen LogP contribution in [0.5, 0.6) is 5.75 Å². The van der Waals surface area contributed by atoms with Crippen LogP contribution in [0.2, 0.25) is 0 Å². The van der Waals surface area contributed by atoms with Gasteiger partial charge in [0.1, 0.15) is 5.75 Å². The second-order valence-corrected chi connectivity index (χ2v) is 8.89. The number of amides is 1. The van der Waals surface area contributed by atoms with Gasteiger partial charge in [-0.05, 0) is 44.7 Å². The Morgan fingerprint density at radius 1 is 1.18 bits per heavy atom. The van der Waals surface area contributed by atoms with Gasteiger partial charge in [0.2, 0.25) is 5.88 Å². The molecule has 0 spiro atoms. The molecular formula is C25H34N4O5. The molecule has 2 aliphatic rings. The van der Waals surface area contributed by atoms with E-state index >= 15 is 0 Å². The summed E-state index contributed by atoms with van der Waals surface area (Å²) in [7, 11) is 0. The number of benzene rings is 1. The van der Waals surface area contributed by atoms with Gasteiger partial charge < -0.3 is 28.7 Å². The number of carbonyl (C=O) groups excluding carboxylic acids is 2. The lowest BCUT2D eigenvalue weighted by Gasteiger charge is -2.34. The van der Waals surface area contributed by atoms with Crippen molar-refractivity contribution in [3.05, 3.63) is 35.5 Å². The Morgan fingerprint density at radius 3 is 2.56 bits per heavy atom. The van der Waals surface area contributed by atoms with Crippen LogP contribution >= 0.6 is 0 Å². The van der Waals surface area contributed by atoms with E-state index in [4.69, 9.17) is 14.0 Å². The first-order valence-corrected chi connectivity index (χ1v) is 12.1. The van der Waals surface area contributed by atoms with Gasteiger partial charge >= 0.3 is 12.1 Å². The van der Waals surface area contributed by atoms with E-state index in [0.29, 0.717) is 38.3 Å². The average molecular weight is 471 g/mol. The number of rotatable bonds is 7. The van der Waals surface area contributed by atoms with Crippen molar-refractivity contribution < 1.29 is 23.6 Å². The Kier molecular flexibility index (Phi) is 7.29. The third-order valence-corrected chi connectivity index (χ3v) is 6.85. The number of esters is 1. The number of hydrogen-bond acceptors (Lipinski definition) is 8. The summed E-state index contributed by atoms with van der Waals surface area (Å²) in [6.07, 6.45) is 0.0785. The molecule has 184 valence electrons. The third kappa shape index (κ3) is 4.98. The van der Waals surface area contributed by atoms with Crippen molar-refractivity contribution in [1.29, 1.82) is 0 Å². The molecule has 2 aromatic rings. The zero-order valence-electron chi connectivity index (χ0n) is 20.5. The Bertz CT molecular complexity index is 1010. The van der Waals surface area contributed by atoms with Crippen LogP contribution in [-0.4, -0.2) is 68.0 Å². The van der Waals surface area contributed by atoms with Crippen molar-refractivity contribution in [2.45, 2.75) is 40.0 Å². The first-order chi connectivity index (χ1) is 16.4. The molecule has 1 amide bonds. The summed E-state index contributed by atoms with van der Waals surface area (Å²) >= 11 is 0. The van der Waals surface area contributed by atoms with Crippen LogP contribution in [0.3, 0.4) is 0 Å². The van der Waals surface area contributed by atoms with Gasteiger partial charge in [-0.25, -0.2) is 4.79 Å². The Labute approximate surface area is 200 Å². The molecule has 2 aliphatic heterocycles. The lowest BCUT2D eigenvalue weighted by molar-refractivity contribution is -0.141. The zero-order chi connectivity index (χ0) is 24.2. The number of anilines is 2. The van der Waals surface area contributed by atoms with Crippen molar-refractivity contribution in [3.8, 4) is 5.75 Å². The zero-order valence-corrected chi connectivity index (χ0v) is 20.5. The van der Waals surface area contributed by atoms with Crippen LogP contribution in [0, 0.1) is 12.8 Å². The predicted molar refractivity (Wildman–Crippen MR) is 129 cm³/mol. The number of aromatic nitrogens is 1. The Balaban J connectivity index is 1.28. The van der Waals surface area contributed by atoms with E-state index in [2.05, 4.69) is 40.9 Å². The molecule has 2 unspecified atom stereocenters. The van der Waals surface area contributed by atoms with Gasteiger partial charge in [-0.15, -0.1) is 0 Å². The minimum absolute atomic E-state index is 0.00499. The molecule has 4 rings (SSSR count). The molecule has 0 N–H and O–H groups in total. The highest BCUT2D eigenvalue weighted by Gasteiger charge is 2.35. The van der Waals surface area contributed by atoms with Gasteiger partial charge in [-0.3, -0.25) is 4.79 Å². The quantitative estimate of drug-likeness (QED) is 0.446. The van der Waals surface area contributed by atoms with Crippen LogP contribution in [0.15, 0.2) is 28.8 Å². The molecule has 1 aromatic carbocycles. The lowest BCUT2D eigenvalue weighted by atomic mass is 9.83. The maximum Gasteiger partial charge on any atom is 0.409 e. The summed E-state index contributed by atoms with van der Waals surface area (Å²) in [4.78, 5) is 31.2. The number of carbonyl (C=O) groups is 2. The summed E-state index contributed by atoms with van der Waals surface area (Å²) in [5.41, 5.74) is 2.90. The molecular weight excluding hydrogens is 436 g/mol. The van der Waals surface area contributed by atoms with Crippen molar-refractivity contribution in [2.75, 3.05) is 55.7 Å². The summed E-state index contributed by atoms with van der Waals surface area (Å²) in [5.74, 6) is 0.749. The van der Waals surface area contributed by atoms with Gasteiger partial charge in [-0.2, -0.15) is 0 Å². The maximum atomic E-state index is 12.7. The predicted octanol–water partition coefficient (Wildman–Crippen LogP) is 3.82. The van der Waals surface area contributed by atoms with Crippen molar-refractivity contribution in [3.63, 3.8) is 0 Å². The number of nitrogens with zero attached hydrogens (tertiary/aromatic N) is 4. The fourth-order valence-electron chi connectivity index (χ4n) is 4.72. The Morgan fingerprint density at radius 2 is 1.91 bits per heavy atom. The molecule has 1 saturated heterocycles. The van der Waals surface area contributed by atoms with Crippen molar-refractivity contribution in [2.24, 2.45) is 5.92 Å².